The predicted molar refractivity (Wildman–Crippen MR) is 83.2 cm³/mol. The molecule has 106 valence electrons. The van der Waals surface area contributed by atoms with Crippen molar-refractivity contribution in [1.29, 1.82) is 5.26 Å². The summed E-state index contributed by atoms with van der Waals surface area (Å²) < 4.78 is 0. The summed E-state index contributed by atoms with van der Waals surface area (Å²) in [5, 5.41) is 22.7. The first-order valence-electron chi connectivity index (χ1n) is 7.16. The summed E-state index contributed by atoms with van der Waals surface area (Å²) in [5.41, 5.74) is 2.50. The minimum absolute atomic E-state index is 0.270. The van der Waals surface area contributed by atoms with E-state index in [2.05, 4.69) is 11.4 Å². The maximum atomic E-state index is 9.74. The van der Waals surface area contributed by atoms with Crippen molar-refractivity contribution < 1.29 is 5.11 Å². The van der Waals surface area contributed by atoms with Gasteiger partial charge in [-0.3, -0.25) is 0 Å². The Labute approximate surface area is 124 Å². The first-order valence-corrected chi connectivity index (χ1v) is 7.16. The number of phenolic OH excluding ortho intramolecular Hbond substituents is 1. The molecule has 0 radical (unpaired) electrons. The zero-order valence-electron chi connectivity index (χ0n) is 12.0. The SMILES string of the molecule is Cc1ccc(NC2CC(C#N)(c3ccccc3)C2)cc1O. The first-order chi connectivity index (χ1) is 10.1. The molecule has 0 aliphatic heterocycles. The van der Waals surface area contributed by atoms with Gasteiger partial charge in [0.05, 0.1) is 11.5 Å². The van der Waals surface area contributed by atoms with E-state index in [1.54, 1.807) is 6.07 Å². The summed E-state index contributed by atoms with van der Waals surface area (Å²) in [6.45, 7) is 1.87. The van der Waals surface area contributed by atoms with Crippen molar-refractivity contribution in [3.8, 4) is 11.8 Å². The first kappa shape index (κ1) is 13.5. The molecule has 1 fully saturated rings. The van der Waals surface area contributed by atoms with Gasteiger partial charge in [0.1, 0.15) is 5.75 Å². The number of benzene rings is 2. The molecule has 1 aliphatic carbocycles. The van der Waals surface area contributed by atoms with Gasteiger partial charge in [-0.2, -0.15) is 5.26 Å². The van der Waals surface area contributed by atoms with E-state index in [0.717, 1.165) is 29.7 Å². The van der Waals surface area contributed by atoms with Gasteiger partial charge in [0.25, 0.3) is 0 Å². The van der Waals surface area contributed by atoms with Crippen molar-refractivity contribution in [2.24, 2.45) is 0 Å². The van der Waals surface area contributed by atoms with Gasteiger partial charge < -0.3 is 10.4 Å². The maximum Gasteiger partial charge on any atom is 0.120 e. The lowest BCUT2D eigenvalue weighted by Crippen LogP contribution is -2.47. The average Bonchev–Trinajstić information content (AvgIpc) is 2.47. The van der Waals surface area contributed by atoms with Crippen LogP contribution in [0, 0.1) is 18.3 Å². The van der Waals surface area contributed by atoms with E-state index in [1.165, 1.54) is 0 Å². The van der Waals surface area contributed by atoms with Crippen molar-refractivity contribution in [3.63, 3.8) is 0 Å². The van der Waals surface area contributed by atoms with Crippen LogP contribution in [0.3, 0.4) is 0 Å². The second kappa shape index (κ2) is 5.14. The molecule has 0 atom stereocenters. The van der Waals surface area contributed by atoms with Crippen LogP contribution in [0.1, 0.15) is 24.0 Å². The van der Waals surface area contributed by atoms with Crippen molar-refractivity contribution in [1.82, 2.24) is 0 Å². The van der Waals surface area contributed by atoms with Crippen LogP contribution in [0.4, 0.5) is 5.69 Å². The molecule has 2 aromatic carbocycles. The van der Waals surface area contributed by atoms with Crippen molar-refractivity contribution in [2.75, 3.05) is 5.32 Å². The Morgan fingerprint density at radius 2 is 1.90 bits per heavy atom. The van der Waals surface area contributed by atoms with Crippen molar-refractivity contribution in [2.45, 2.75) is 31.2 Å². The van der Waals surface area contributed by atoms with Gasteiger partial charge in [0.2, 0.25) is 0 Å². The molecule has 0 spiro atoms. The Hall–Kier alpha value is -2.47. The fourth-order valence-corrected chi connectivity index (χ4v) is 2.97. The van der Waals surface area contributed by atoms with E-state index in [1.807, 2.05) is 49.4 Å². The molecule has 0 aromatic heterocycles. The second-order valence-corrected chi connectivity index (χ2v) is 5.81. The Morgan fingerprint density at radius 3 is 2.52 bits per heavy atom. The molecule has 3 rings (SSSR count). The molecule has 21 heavy (non-hydrogen) atoms. The number of phenols is 1. The van der Waals surface area contributed by atoms with Crippen LogP contribution >= 0.6 is 0 Å². The number of aromatic hydroxyl groups is 1. The third kappa shape index (κ3) is 2.45. The van der Waals surface area contributed by atoms with Gasteiger partial charge in [0, 0.05) is 17.8 Å². The van der Waals surface area contributed by atoms with Crippen molar-refractivity contribution in [3.05, 3.63) is 59.7 Å². The highest BCUT2D eigenvalue weighted by molar-refractivity contribution is 5.53. The summed E-state index contributed by atoms with van der Waals surface area (Å²) in [6, 6.07) is 18.3. The lowest BCUT2D eigenvalue weighted by Gasteiger charge is -2.43. The second-order valence-electron chi connectivity index (χ2n) is 5.81. The van der Waals surface area contributed by atoms with Crippen LogP contribution in [-0.4, -0.2) is 11.1 Å². The van der Waals surface area contributed by atoms with E-state index in [-0.39, 0.29) is 11.5 Å². The number of aryl methyl sites for hydroxylation is 1. The van der Waals surface area contributed by atoms with Crippen LogP contribution in [0.5, 0.6) is 5.75 Å². The smallest absolute Gasteiger partial charge is 0.120 e. The normalized spacial score (nSPS) is 23.9. The summed E-state index contributed by atoms with van der Waals surface area (Å²) in [6.07, 6.45) is 1.59. The van der Waals surface area contributed by atoms with Crippen LogP contribution in [0.25, 0.3) is 0 Å². The number of rotatable bonds is 3. The number of nitrogens with zero attached hydrogens (tertiary/aromatic N) is 1. The van der Waals surface area contributed by atoms with Gasteiger partial charge in [0.15, 0.2) is 0 Å². The molecule has 0 amide bonds. The third-order valence-electron chi connectivity index (χ3n) is 4.31. The number of nitrogens with one attached hydrogen (secondary N) is 1. The molecule has 2 aromatic rings. The van der Waals surface area contributed by atoms with Gasteiger partial charge in [-0.15, -0.1) is 0 Å². The maximum absolute atomic E-state index is 9.74. The molecule has 0 unspecified atom stereocenters. The Kier molecular flexibility index (Phi) is 3.31. The average molecular weight is 278 g/mol. The Balaban J connectivity index is 1.70. The Morgan fingerprint density at radius 1 is 1.19 bits per heavy atom. The fourth-order valence-electron chi connectivity index (χ4n) is 2.97. The standard InChI is InChI=1S/C18H18N2O/c1-13-7-8-15(9-17(13)21)20-16-10-18(11-16,12-19)14-5-3-2-4-6-14/h2-9,16,20-21H,10-11H2,1H3. The molecule has 1 saturated carbocycles. The quantitative estimate of drug-likeness (QED) is 0.899. The van der Waals surface area contributed by atoms with Crippen LogP contribution < -0.4 is 5.32 Å². The van der Waals surface area contributed by atoms with Crippen LogP contribution in [0.2, 0.25) is 0 Å². The van der Waals surface area contributed by atoms with Crippen LogP contribution in [0.15, 0.2) is 48.5 Å². The highest BCUT2D eigenvalue weighted by Crippen LogP contribution is 2.44. The lowest BCUT2D eigenvalue weighted by atomic mass is 9.62. The molecule has 2 N–H and O–H groups in total. The minimum Gasteiger partial charge on any atom is -0.508 e. The third-order valence-corrected chi connectivity index (χ3v) is 4.31. The number of nitriles is 1. The molecular weight excluding hydrogens is 260 g/mol. The molecule has 3 nitrogen and oxygen atoms in total. The molecule has 0 heterocycles. The summed E-state index contributed by atoms with van der Waals surface area (Å²) in [7, 11) is 0. The van der Waals surface area contributed by atoms with E-state index in [0.29, 0.717) is 5.75 Å². The van der Waals surface area contributed by atoms with E-state index >= 15 is 0 Å². The number of hydrogen-bond acceptors (Lipinski definition) is 3. The highest BCUT2D eigenvalue weighted by Gasteiger charge is 2.46. The van der Waals surface area contributed by atoms with Crippen LogP contribution in [-0.2, 0) is 5.41 Å². The topological polar surface area (TPSA) is 56.0 Å². The zero-order chi connectivity index (χ0) is 14.9. The molecule has 0 saturated heterocycles. The monoisotopic (exact) mass is 278 g/mol. The van der Waals surface area contributed by atoms with E-state index < -0.39 is 0 Å². The predicted octanol–water partition coefficient (Wildman–Crippen LogP) is 3.74. The summed E-state index contributed by atoms with van der Waals surface area (Å²) in [5.74, 6) is 0.300. The number of anilines is 1. The van der Waals surface area contributed by atoms with Crippen molar-refractivity contribution >= 4 is 5.69 Å². The summed E-state index contributed by atoms with van der Waals surface area (Å²) >= 11 is 0. The molecule has 1 aliphatic rings. The lowest BCUT2D eigenvalue weighted by molar-refractivity contribution is 0.289. The fraction of sp³-hybridized carbons (Fsp3) is 0.278. The minimum atomic E-state index is -0.369. The molecular formula is C18H18N2O. The Bertz CT molecular complexity index is 682. The van der Waals surface area contributed by atoms with Gasteiger partial charge in [-0.05, 0) is 37.0 Å². The number of hydrogen-bond donors (Lipinski definition) is 2. The van der Waals surface area contributed by atoms with E-state index in [4.69, 9.17) is 0 Å². The van der Waals surface area contributed by atoms with E-state index in [9.17, 15) is 10.4 Å². The molecule has 0 bridgehead atoms. The zero-order valence-corrected chi connectivity index (χ0v) is 12.0. The molecule has 3 heteroatoms. The van der Waals surface area contributed by atoms with Gasteiger partial charge in [-0.1, -0.05) is 36.4 Å². The van der Waals surface area contributed by atoms with Gasteiger partial charge >= 0.3 is 0 Å². The summed E-state index contributed by atoms with van der Waals surface area (Å²) in [4.78, 5) is 0. The highest BCUT2D eigenvalue weighted by atomic mass is 16.3. The van der Waals surface area contributed by atoms with Gasteiger partial charge in [-0.25, -0.2) is 0 Å². The largest absolute Gasteiger partial charge is 0.508 e.